The van der Waals surface area contributed by atoms with Crippen LogP contribution in [0.4, 0.5) is 14.5 Å². The highest BCUT2D eigenvalue weighted by Gasteiger charge is 2.13. The van der Waals surface area contributed by atoms with Gasteiger partial charge in [0.05, 0.1) is 10.2 Å². The first kappa shape index (κ1) is 14.7. The van der Waals surface area contributed by atoms with E-state index in [1.807, 2.05) is 0 Å². The number of hydrogen-bond donors (Lipinski definition) is 1. The summed E-state index contributed by atoms with van der Waals surface area (Å²) >= 11 is 3.06. The van der Waals surface area contributed by atoms with E-state index >= 15 is 0 Å². The predicted octanol–water partition coefficient (Wildman–Crippen LogP) is 2.39. The molecule has 0 spiro atoms. The monoisotopic (exact) mass is 333 g/mol. The third-order valence-corrected chi connectivity index (χ3v) is 3.96. The van der Waals surface area contributed by atoms with Crippen molar-refractivity contribution in [1.29, 1.82) is 0 Å². The first-order chi connectivity index (χ1) is 9.06. The highest BCUT2D eigenvalue weighted by atomic mass is 79.9. The summed E-state index contributed by atoms with van der Waals surface area (Å²) in [6, 6.07) is 2.33. The second-order valence-corrected chi connectivity index (χ2v) is 5.67. The molecule has 1 aliphatic rings. The number of nitrogens with zero attached hydrogens (tertiary/aromatic N) is 2. The molecule has 1 N–H and O–H groups in total. The molecule has 1 aromatic carbocycles. The van der Waals surface area contributed by atoms with Crippen LogP contribution in [0.3, 0.4) is 0 Å². The Labute approximate surface area is 120 Å². The van der Waals surface area contributed by atoms with Gasteiger partial charge in [0.1, 0.15) is 11.6 Å². The van der Waals surface area contributed by atoms with Gasteiger partial charge in [-0.1, -0.05) is 0 Å². The highest BCUT2D eigenvalue weighted by Crippen LogP contribution is 2.23. The minimum Gasteiger partial charge on any atom is -0.381 e. The van der Waals surface area contributed by atoms with Gasteiger partial charge in [-0.05, 0) is 29.0 Å². The van der Waals surface area contributed by atoms with Gasteiger partial charge >= 0.3 is 0 Å². The molecule has 0 bridgehead atoms. The van der Waals surface area contributed by atoms with E-state index in [1.165, 1.54) is 6.07 Å². The summed E-state index contributed by atoms with van der Waals surface area (Å²) in [5.41, 5.74) is 0.336. The molecule has 2 rings (SSSR count). The highest BCUT2D eigenvalue weighted by molar-refractivity contribution is 9.10. The first-order valence-corrected chi connectivity index (χ1v) is 7.15. The van der Waals surface area contributed by atoms with Crippen molar-refractivity contribution in [2.24, 2.45) is 0 Å². The molecule has 0 atom stereocenters. The largest absolute Gasteiger partial charge is 0.381 e. The van der Waals surface area contributed by atoms with E-state index < -0.39 is 11.6 Å². The van der Waals surface area contributed by atoms with Crippen LogP contribution in [0.25, 0.3) is 0 Å². The maximum atomic E-state index is 13.5. The number of rotatable bonds is 4. The Hall–Kier alpha value is -0.720. The maximum absolute atomic E-state index is 13.5. The van der Waals surface area contributed by atoms with Crippen molar-refractivity contribution in [3.63, 3.8) is 0 Å². The molecule has 0 radical (unpaired) electrons. The number of anilines is 1. The lowest BCUT2D eigenvalue weighted by Gasteiger charge is -2.32. The van der Waals surface area contributed by atoms with Gasteiger partial charge < -0.3 is 10.2 Å². The molecule has 106 valence electrons. The molecular weight excluding hydrogens is 316 g/mol. The Balaban J connectivity index is 1.81. The number of hydrogen-bond acceptors (Lipinski definition) is 3. The molecule has 1 aromatic rings. The Morgan fingerprint density at radius 2 is 1.84 bits per heavy atom. The van der Waals surface area contributed by atoms with E-state index in [0.29, 0.717) is 12.2 Å². The van der Waals surface area contributed by atoms with Crippen LogP contribution in [-0.4, -0.2) is 56.1 Å². The van der Waals surface area contributed by atoms with Crippen molar-refractivity contribution in [2.75, 3.05) is 51.6 Å². The van der Waals surface area contributed by atoms with Gasteiger partial charge in [0, 0.05) is 45.3 Å². The van der Waals surface area contributed by atoms with Crippen molar-refractivity contribution in [3.05, 3.63) is 28.2 Å². The second kappa shape index (κ2) is 6.63. The summed E-state index contributed by atoms with van der Waals surface area (Å²) in [6.07, 6.45) is 0. The fourth-order valence-electron chi connectivity index (χ4n) is 2.08. The molecule has 0 aromatic heterocycles. The fraction of sp³-hybridized carbons (Fsp3) is 0.538. The summed E-state index contributed by atoms with van der Waals surface area (Å²) in [7, 11) is 2.11. The van der Waals surface area contributed by atoms with Crippen LogP contribution >= 0.6 is 15.9 Å². The second-order valence-electron chi connectivity index (χ2n) is 4.82. The van der Waals surface area contributed by atoms with Gasteiger partial charge in [0.25, 0.3) is 0 Å². The zero-order valence-corrected chi connectivity index (χ0v) is 12.5. The van der Waals surface area contributed by atoms with Gasteiger partial charge in [-0.15, -0.1) is 0 Å². The zero-order chi connectivity index (χ0) is 13.8. The van der Waals surface area contributed by atoms with E-state index in [4.69, 9.17) is 0 Å². The molecule has 1 saturated heterocycles. The average molecular weight is 334 g/mol. The van der Waals surface area contributed by atoms with Crippen molar-refractivity contribution in [3.8, 4) is 0 Å². The van der Waals surface area contributed by atoms with E-state index in [1.54, 1.807) is 0 Å². The Morgan fingerprint density at radius 3 is 2.53 bits per heavy atom. The smallest absolute Gasteiger partial charge is 0.149 e. The van der Waals surface area contributed by atoms with Crippen LogP contribution in [0.5, 0.6) is 0 Å². The zero-order valence-electron chi connectivity index (χ0n) is 10.9. The van der Waals surface area contributed by atoms with Crippen LogP contribution in [0.1, 0.15) is 0 Å². The molecule has 1 aliphatic heterocycles. The molecule has 1 heterocycles. The van der Waals surface area contributed by atoms with Gasteiger partial charge in [0.15, 0.2) is 0 Å². The number of likely N-dealkylation sites (N-methyl/N-ethyl adjacent to an activating group) is 1. The van der Waals surface area contributed by atoms with Gasteiger partial charge in [-0.25, -0.2) is 8.78 Å². The number of nitrogens with one attached hydrogen (secondary N) is 1. The lowest BCUT2D eigenvalue weighted by molar-refractivity contribution is 0.158. The normalized spacial score (nSPS) is 17.7. The maximum Gasteiger partial charge on any atom is 0.149 e. The van der Waals surface area contributed by atoms with Crippen LogP contribution < -0.4 is 5.32 Å². The van der Waals surface area contributed by atoms with Crippen molar-refractivity contribution in [2.45, 2.75) is 0 Å². The summed E-state index contributed by atoms with van der Waals surface area (Å²) in [6.45, 7) is 5.72. The molecule has 0 aliphatic carbocycles. The fourth-order valence-corrected chi connectivity index (χ4v) is 2.42. The van der Waals surface area contributed by atoms with Crippen LogP contribution in [-0.2, 0) is 0 Å². The molecule has 3 nitrogen and oxygen atoms in total. The molecule has 0 amide bonds. The van der Waals surface area contributed by atoms with Gasteiger partial charge in [-0.3, -0.25) is 4.90 Å². The van der Waals surface area contributed by atoms with Crippen LogP contribution in [0, 0.1) is 11.6 Å². The first-order valence-electron chi connectivity index (χ1n) is 6.35. The summed E-state index contributed by atoms with van der Waals surface area (Å²) < 4.78 is 26.9. The van der Waals surface area contributed by atoms with E-state index in [2.05, 4.69) is 38.1 Å². The molecule has 19 heavy (non-hydrogen) atoms. The third kappa shape index (κ3) is 4.12. The summed E-state index contributed by atoms with van der Waals surface area (Å²) in [5.74, 6) is -1.14. The SMILES string of the molecule is CN1CCN(CCNc2cc(Br)c(F)cc2F)CC1. The minimum absolute atomic E-state index is 0.274. The van der Waals surface area contributed by atoms with E-state index in [-0.39, 0.29) is 4.47 Å². The predicted molar refractivity (Wildman–Crippen MR) is 76.5 cm³/mol. The van der Waals surface area contributed by atoms with Gasteiger partial charge in [0.2, 0.25) is 0 Å². The molecule has 0 saturated carbocycles. The van der Waals surface area contributed by atoms with Crippen molar-refractivity contribution in [1.82, 2.24) is 9.80 Å². The van der Waals surface area contributed by atoms with E-state index in [0.717, 1.165) is 38.8 Å². The van der Waals surface area contributed by atoms with Crippen LogP contribution in [0.2, 0.25) is 0 Å². The summed E-state index contributed by atoms with van der Waals surface area (Å²) in [5, 5.41) is 3.01. The third-order valence-electron chi connectivity index (χ3n) is 3.35. The molecule has 0 unspecified atom stereocenters. The van der Waals surface area contributed by atoms with Crippen molar-refractivity contribution < 1.29 is 8.78 Å². The minimum atomic E-state index is -0.581. The standard InChI is InChI=1S/C13H18BrF2N3/c1-18-4-6-19(7-5-18)3-2-17-13-8-10(14)11(15)9-12(13)16/h8-9,17H,2-7H2,1H3. The Kier molecular flexibility index (Phi) is 5.13. The summed E-state index contributed by atoms with van der Waals surface area (Å²) in [4.78, 5) is 4.63. The molecular formula is C13H18BrF2N3. The van der Waals surface area contributed by atoms with Gasteiger partial charge in [-0.2, -0.15) is 0 Å². The lowest BCUT2D eigenvalue weighted by Crippen LogP contribution is -2.45. The average Bonchev–Trinajstić information content (AvgIpc) is 2.38. The molecule has 1 fully saturated rings. The number of halogens is 3. The lowest BCUT2D eigenvalue weighted by atomic mass is 10.3. The molecule has 6 heteroatoms. The van der Waals surface area contributed by atoms with Crippen LogP contribution in [0.15, 0.2) is 16.6 Å². The Morgan fingerprint density at radius 1 is 1.16 bits per heavy atom. The quantitative estimate of drug-likeness (QED) is 0.853. The topological polar surface area (TPSA) is 18.5 Å². The number of benzene rings is 1. The Bertz CT molecular complexity index is 434. The van der Waals surface area contributed by atoms with Crippen molar-refractivity contribution >= 4 is 21.6 Å². The number of piperazine rings is 1. The van der Waals surface area contributed by atoms with E-state index in [9.17, 15) is 8.78 Å².